The maximum Gasteiger partial charge on any atom is 0.309 e. The molecule has 4 heteroatoms. The van der Waals surface area contributed by atoms with E-state index in [9.17, 15) is 9.00 Å². The molecule has 84 valence electrons. The predicted octanol–water partition coefficient (Wildman–Crippen LogP) is 1.73. The maximum absolute atomic E-state index is 11.7. The fraction of sp³-hybridized carbons (Fsp3) is 0.900. The molecule has 0 N–H and O–H groups in total. The monoisotopic (exact) mass is 220 g/mol. The number of esters is 1. The van der Waals surface area contributed by atoms with Crippen LogP contribution >= 0.6 is 0 Å². The molecule has 0 aromatic rings. The van der Waals surface area contributed by atoms with Gasteiger partial charge in [-0.15, -0.1) is 0 Å². The van der Waals surface area contributed by atoms with E-state index in [0.29, 0.717) is 5.75 Å². The number of carbonyl (C=O) groups excluding carboxylic acids is 1. The van der Waals surface area contributed by atoms with Crippen molar-refractivity contribution in [1.82, 2.24) is 0 Å². The Hall–Kier alpha value is -0.380. The molecule has 0 aromatic heterocycles. The summed E-state index contributed by atoms with van der Waals surface area (Å²) in [6.45, 7) is 5.67. The Balaban J connectivity index is 4.10. The summed E-state index contributed by atoms with van der Waals surface area (Å²) < 4.78 is 16.3. The molecule has 0 aliphatic carbocycles. The Morgan fingerprint density at radius 1 is 1.43 bits per heavy atom. The van der Waals surface area contributed by atoms with Gasteiger partial charge in [0, 0.05) is 21.8 Å². The van der Waals surface area contributed by atoms with Crippen LogP contribution in [0.15, 0.2) is 0 Å². The van der Waals surface area contributed by atoms with Crippen molar-refractivity contribution in [3.63, 3.8) is 0 Å². The first-order chi connectivity index (χ1) is 6.54. The van der Waals surface area contributed by atoms with Crippen LogP contribution in [0.2, 0.25) is 0 Å². The number of carbonyl (C=O) groups is 1. The van der Waals surface area contributed by atoms with Gasteiger partial charge in [0.2, 0.25) is 0 Å². The second-order valence-electron chi connectivity index (χ2n) is 3.46. The van der Waals surface area contributed by atoms with Crippen molar-refractivity contribution in [2.75, 3.05) is 12.9 Å². The number of methoxy groups -OCH3 is 1. The van der Waals surface area contributed by atoms with Gasteiger partial charge >= 0.3 is 5.97 Å². The SMILES string of the molecule is CCCCS(=O)C(C)C(C)C(=O)OC. The molecule has 0 aliphatic heterocycles. The fourth-order valence-corrected chi connectivity index (χ4v) is 2.59. The van der Waals surface area contributed by atoms with Crippen molar-refractivity contribution in [2.24, 2.45) is 5.92 Å². The molecule has 3 unspecified atom stereocenters. The summed E-state index contributed by atoms with van der Waals surface area (Å²) in [5.41, 5.74) is 0. The van der Waals surface area contributed by atoms with Crippen LogP contribution in [-0.2, 0) is 20.3 Å². The molecule has 0 bridgehead atoms. The number of hydrogen-bond acceptors (Lipinski definition) is 3. The predicted molar refractivity (Wildman–Crippen MR) is 58.6 cm³/mol. The summed E-state index contributed by atoms with van der Waals surface area (Å²) in [7, 11) is 0.444. The van der Waals surface area contributed by atoms with Crippen molar-refractivity contribution in [2.45, 2.75) is 38.9 Å². The standard InChI is InChI=1S/C10H20O3S/c1-5-6-7-14(12)9(3)8(2)10(11)13-4/h8-9H,5-7H2,1-4H3. The van der Waals surface area contributed by atoms with Gasteiger partial charge in [-0.3, -0.25) is 9.00 Å². The van der Waals surface area contributed by atoms with E-state index in [4.69, 9.17) is 0 Å². The van der Waals surface area contributed by atoms with E-state index in [1.165, 1.54) is 7.11 Å². The zero-order chi connectivity index (χ0) is 11.1. The maximum atomic E-state index is 11.7. The molecule has 0 saturated carbocycles. The number of unbranched alkanes of at least 4 members (excludes halogenated alkanes) is 1. The Labute approximate surface area is 88.7 Å². The van der Waals surface area contributed by atoms with Gasteiger partial charge in [-0.25, -0.2) is 0 Å². The van der Waals surface area contributed by atoms with Crippen LogP contribution in [0.1, 0.15) is 33.6 Å². The van der Waals surface area contributed by atoms with E-state index < -0.39 is 10.8 Å². The van der Waals surface area contributed by atoms with Gasteiger partial charge in [-0.2, -0.15) is 0 Å². The fourth-order valence-electron chi connectivity index (χ4n) is 1.08. The third-order valence-corrected chi connectivity index (χ3v) is 4.32. The minimum atomic E-state index is -0.918. The Bertz CT molecular complexity index is 204. The van der Waals surface area contributed by atoms with E-state index in [-0.39, 0.29) is 17.1 Å². The van der Waals surface area contributed by atoms with Crippen LogP contribution in [0.5, 0.6) is 0 Å². The van der Waals surface area contributed by atoms with Gasteiger partial charge in [0.05, 0.1) is 13.0 Å². The second kappa shape index (κ2) is 6.98. The molecule has 3 atom stereocenters. The Kier molecular flexibility index (Phi) is 6.79. The number of ether oxygens (including phenoxy) is 1. The smallest absolute Gasteiger partial charge is 0.309 e. The second-order valence-corrected chi connectivity index (χ2v) is 5.37. The zero-order valence-corrected chi connectivity index (χ0v) is 10.2. The van der Waals surface area contributed by atoms with Crippen molar-refractivity contribution in [3.8, 4) is 0 Å². The highest BCUT2D eigenvalue weighted by molar-refractivity contribution is 7.85. The lowest BCUT2D eigenvalue weighted by Crippen LogP contribution is -2.29. The zero-order valence-electron chi connectivity index (χ0n) is 9.41. The molecule has 0 amide bonds. The third-order valence-electron chi connectivity index (χ3n) is 2.39. The van der Waals surface area contributed by atoms with E-state index in [1.54, 1.807) is 6.92 Å². The number of rotatable bonds is 6. The molecule has 0 aromatic carbocycles. The largest absolute Gasteiger partial charge is 0.469 e. The van der Waals surface area contributed by atoms with Crippen LogP contribution in [0, 0.1) is 5.92 Å². The topological polar surface area (TPSA) is 43.4 Å². The van der Waals surface area contributed by atoms with Crippen LogP contribution in [-0.4, -0.2) is 28.3 Å². The van der Waals surface area contributed by atoms with Gasteiger partial charge in [0.1, 0.15) is 0 Å². The summed E-state index contributed by atoms with van der Waals surface area (Å²) >= 11 is 0. The van der Waals surface area contributed by atoms with Gasteiger partial charge in [-0.1, -0.05) is 20.3 Å². The van der Waals surface area contributed by atoms with E-state index in [0.717, 1.165) is 12.8 Å². The first-order valence-corrected chi connectivity index (χ1v) is 6.37. The summed E-state index contributed by atoms with van der Waals surface area (Å²) in [5.74, 6) is 0.124. The molecular formula is C10H20O3S. The molecule has 0 heterocycles. The third kappa shape index (κ3) is 4.22. The molecule has 0 spiro atoms. The van der Waals surface area contributed by atoms with E-state index >= 15 is 0 Å². The Morgan fingerprint density at radius 2 is 2.00 bits per heavy atom. The van der Waals surface area contributed by atoms with Crippen LogP contribution in [0.25, 0.3) is 0 Å². The minimum Gasteiger partial charge on any atom is -0.469 e. The van der Waals surface area contributed by atoms with Crippen molar-refractivity contribution in [3.05, 3.63) is 0 Å². The molecule has 3 nitrogen and oxygen atoms in total. The lowest BCUT2D eigenvalue weighted by atomic mass is 10.1. The Morgan fingerprint density at radius 3 is 2.43 bits per heavy atom. The van der Waals surface area contributed by atoms with Gasteiger partial charge in [0.25, 0.3) is 0 Å². The molecular weight excluding hydrogens is 200 g/mol. The summed E-state index contributed by atoms with van der Waals surface area (Å²) in [4.78, 5) is 11.2. The summed E-state index contributed by atoms with van der Waals surface area (Å²) in [6.07, 6.45) is 1.98. The van der Waals surface area contributed by atoms with Crippen LogP contribution < -0.4 is 0 Å². The average molecular weight is 220 g/mol. The van der Waals surface area contributed by atoms with Crippen LogP contribution in [0.3, 0.4) is 0 Å². The summed E-state index contributed by atoms with van der Waals surface area (Å²) in [6, 6.07) is 0. The highest BCUT2D eigenvalue weighted by atomic mass is 32.2. The lowest BCUT2D eigenvalue weighted by molar-refractivity contribution is -0.144. The first-order valence-electron chi connectivity index (χ1n) is 4.99. The van der Waals surface area contributed by atoms with Gasteiger partial charge in [-0.05, 0) is 13.3 Å². The van der Waals surface area contributed by atoms with E-state index in [1.807, 2.05) is 6.92 Å². The molecule has 14 heavy (non-hydrogen) atoms. The minimum absolute atomic E-state index is 0.117. The number of hydrogen-bond donors (Lipinski definition) is 0. The molecule has 0 rings (SSSR count). The lowest BCUT2D eigenvalue weighted by Gasteiger charge is -2.16. The molecule has 0 radical (unpaired) electrons. The van der Waals surface area contributed by atoms with Crippen molar-refractivity contribution < 1.29 is 13.7 Å². The van der Waals surface area contributed by atoms with Crippen molar-refractivity contribution in [1.29, 1.82) is 0 Å². The van der Waals surface area contributed by atoms with Crippen LogP contribution in [0.4, 0.5) is 0 Å². The van der Waals surface area contributed by atoms with Gasteiger partial charge in [0.15, 0.2) is 0 Å². The highest BCUT2D eigenvalue weighted by Crippen LogP contribution is 2.12. The molecule has 0 aliphatic rings. The highest BCUT2D eigenvalue weighted by Gasteiger charge is 2.25. The van der Waals surface area contributed by atoms with E-state index in [2.05, 4.69) is 11.7 Å². The first kappa shape index (κ1) is 13.6. The average Bonchev–Trinajstić information content (AvgIpc) is 2.22. The molecule has 0 fully saturated rings. The quantitative estimate of drug-likeness (QED) is 0.640. The molecule has 0 saturated heterocycles. The summed E-state index contributed by atoms with van der Waals surface area (Å²) in [5, 5.41) is -0.117. The van der Waals surface area contributed by atoms with Crippen molar-refractivity contribution >= 4 is 16.8 Å². The normalized spacial score (nSPS) is 17.1. The van der Waals surface area contributed by atoms with Gasteiger partial charge < -0.3 is 4.74 Å².